The first-order valence-corrected chi connectivity index (χ1v) is 4.81. The van der Waals surface area contributed by atoms with E-state index in [0.29, 0.717) is 0 Å². The van der Waals surface area contributed by atoms with Crippen LogP contribution in [0, 0.1) is 0 Å². The molecule has 1 aromatic rings. The number of hydrogen-bond acceptors (Lipinski definition) is 5. The van der Waals surface area contributed by atoms with E-state index in [0.717, 1.165) is 10.8 Å². The lowest BCUT2D eigenvalue weighted by atomic mass is 10.4. The Morgan fingerprint density at radius 1 is 1.54 bits per heavy atom. The van der Waals surface area contributed by atoms with Crippen molar-refractivity contribution in [3.8, 4) is 0 Å². The Balaban J connectivity index is 2.75. The maximum Gasteiger partial charge on any atom is 0.358 e. The fraction of sp³-hybridized carbons (Fsp3) is 0.375. The van der Waals surface area contributed by atoms with Gasteiger partial charge in [-0.2, -0.15) is 0 Å². The summed E-state index contributed by atoms with van der Waals surface area (Å²) in [7, 11) is 1.32. The van der Waals surface area contributed by atoms with Gasteiger partial charge in [-0.05, 0) is 17.9 Å². The van der Waals surface area contributed by atoms with Crippen molar-refractivity contribution < 1.29 is 9.53 Å². The molecule has 0 radical (unpaired) electrons. The van der Waals surface area contributed by atoms with Gasteiger partial charge in [0.25, 0.3) is 0 Å². The molecule has 0 saturated heterocycles. The Labute approximate surface area is 80.7 Å². The fourth-order valence-electron chi connectivity index (χ4n) is 0.758. The van der Waals surface area contributed by atoms with Gasteiger partial charge in [0.1, 0.15) is 5.03 Å². The number of carbonyl (C=O) groups is 1. The molecule has 13 heavy (non-hydrogen) atoms. The van der Waals surface area contributed by atoms with Crippen LogP contribution >= 0.6 is 11.8 Å². The monoisotopic (exact) mass is 198 g/mol. The van der Waals surface area contributed by atoms with Crippen LogP contribution in [-0.4, -0.2) is 29.0 Å². The van der Waals surface area contributed by atoms with E-state index in [4.69, 9.17) is 0 Å². The van der Waals surface area contributed by atoms with Crippen LogP contribution in [-0.2, 0) is 4.74 Å². The number of thioether (sulfide) groups is 1. The normalized spacial score (nSPS) is 9.69. The van der Waals surface area contributed by atoms with Crippen molar-refractivity contribution in [1.82, 2.24) is 10.2 Å². The molecule has 0 unspecified atom stereocenters. The van der Waals surface area contributed by atoms with E-state index in [9.17, 15) is 4.79 Å². The van der Waals surface area contributed by atoms with E-state index >= 15 is 0 Å². The highest BCUT2D eigenvalue weighted by Gasteiger charge is 2.06. The Morgan fingerprint density at radius 3 is 2.77 bits per heavy atom. The third-order valence-corrected chi connectivity index (χ3v) is 2.13. The highest BCUT2D eigenvalue weighted by atomic mass is 32.2. The number of rotatable bonds is 3. The minimum atomic E-state index is -0.458. The van der Waals surface area contributed by atoms with Crippen LogP contribution in [0.15, 0.2) is 17.2 Å². The molecular weight excluding hydrogens is 188 g/mol. The van der Waals surface area contributed by atoms with Crippen LogP contribution in [0.4, 0.5) is 0 Å². The summed E-state index contributed by atoms with van der Waals surface area (Å²) in [5, 5.41) is 8.39. The summed E-state index contributed by atoms with van der Waals surface area (Å²) in [4.78, 5) is 11.0. The third kappa shape index (κ3) is 2.69. The minimum absolute atomic E-state index is 0.239. The molecule has 0 fully saturated rings. The second-order valence-corrected chi connectivity index (χ2v) is 3.47. The van der Waals surface area contributed by atoms with Gasteiger partial charge in [-0.15, -0.1) is 22.0 Å². The van der Waals surface area contributed by atoms with Gasteiger partial charge in [-0.25, -0.2) is 4.79 Å². The van der Waals surface area contributed by atoms with Gasteiger partial charge in [-0.1, -0.05) is 6.92 Å². The molecule has 0 atom stereocenters. The molecule has 0 aromatic carbocycles. The summed E-state index contributed by atoms with van der Waals surface area (Å²) in [6.07, 6.45) is 0. The summed E-state index contributed by atoms with van der Waals surface area (Å²) >= 11 is 1.58. The highest BCUT2D eigenvalue weighted by Crippen LogP contribution is 2.12. The van der Waals surface area contributed by atoms with Crippen LogP contribution < -0.4 is 0 Å². The predicted molar refractivity (Wildman–Crippen MR) is 49.8 cm³/mol. The van der Waals surface area contributed by atoms with Crippen LogP contribution in [0.1, 0.15) is 17.4 Å². The molecule has 0 N–H and O–H groups in total. The number of hydrogen-bond donors (Lipinski definition) is 0. The number of carbonyl (C=O) groups excluding carboxylic acids is 1. The van der Waals surface area contributed by atoms with Gasteiger partial charge in [-0.3, -0.25) is 0 Å². The van der Waals surface area contributed by atoms with E-state index in [1.807, 2.05) is 6.92 Å². The van der Waals surface area contributed by atoms with E-state index in [1.54, 1.807) is 23.9 Å². The van der Waals surface area contributed by atoms with E-state index in [2.05, 4.69) is 14.9 Å². The first-order valence-electron chi connectivity index (χ1n) is 3.82. The molecule has 70 valence electrons. The number of aromatic nitrogens is 2. The van der Waals surface area contributed by atoms with Gasteiger partial charge in [0.05, 0.1) is 7.11 Å². The maximum atomic E-state index is 11.0. The molecule has 0 amide bonds. The van der Waals surface area contributed by atoms with Crippen molar-refractivity contribution >= 4 is 17.7 Å². The molecule has 0 bridgehead atoms. The first-order chi connectivity index (χ1) is 6.27. The van der Waals surface area contributed by atoms with Crippen molar-refractivity contribution in [1.29, 1.82) is 0 Å². The molecule has 0 aliphatic heterocycles. The summed E-state index contributed by atoms with van der Waals surface area (Å²) in [6, 6.07) is 3.37. The molecule has 1 aromatic heterocycles. The minimum Gasteiger partial charge on any atom is -0.464 e. The first kappa shape index (κ1) is 9.98. The van der Waals surface area contributed by atoms with Crippen LogP contribution in [0.5, 0.6) is 0 Å². The predicted octanol–water partition coefficient (Wildman–Crippen LogP) is 1.38. The standard InChI is InChI=1S/C8H10N2O2S/c1-3-13-7-5-4-6(9-10-7)8(11)12-2/h4-5H,3H2,1-2H3. The van der Waals surface area contributed by atoms with E-state index < -0.39 is 5.97 Å². The van der Waals surface area contributed by atoms with Crippen molar-refractivity contribution in [2.75, 3.05) is 12.9 Å². The van der Waals surface area contributed by atoms with Crippen LogP contribution in [0.25, 0.3) is 0 Å². The SMILES string of the molecule is CCSc1ccc(C(=O)OC)nn1. The van der Waals surface area contributed by atoms with Crippen molar-refractivity contribution in [2.24, 2.45) is 0 Å². The fourth-order valence-corrected chi connectivity index (χ4v) is 1.32. The molecule has 0 saturated carbocycles. The second kappa shape index (κ2) is 4.81. The van der Waals surface area contributed by atoms with Crippen molar-refractivity contribution in [3.63, 3.8) is 0 Å². The van der Waals surface area contributed by atoms with Gasteiger partial charge in [0.2, 0.25) is 0 Å². The Hall–Kier alpha value is -1.10. The van der Waals surface area contributed by atoms with Crippen LogP contribution in [0.2, 0.25) is 0 Å². The van der Waals surface area contributed by atoms with Gasteiger partial charge >= 0.3 is 5.97 Å². The Bertz CT molecular complexity index is 287. The number of esters is 1. The average molecular weight is 198 g/mol. The molecule has 5 heteroatoms. The highest BCUT2D eigenvalue weighted by molar-refractivity contribution is 7.99. The number of ether oxygens (including phenoxy) is 1. The van der Waals surface area contributed by atoms with Gasteiger partial charge in [0, 0.05) is 0 Å². The molecule has 1 heterocycles. The zero-order valence-electron chi connectivity index (χ0n) is 7.48. The Morgan fingerprint density at radius 2 is 2.31 bits per heavy atom. The third-order valence-electron chi connectivity index (χ3n) is 1.33. The summed E-state index contributed by atoms with van der Waals surface area (Å²) in [6.45, 7) is 2.03. The van der Waals surface area contributed by atoms with Crippen LogP contribution in [0.3, 0.4) is 0 Å². The quantitative estimate of drug-likeness (QED) is 0.542. The van der Waals surface area contributed by atoms with E-state index in [-0.39, 0.29) is 5.69 Å². The van der Waals surface area contributed by atoms with E-state index in [1.165, 1.54) is 7.11 Å². The topological polar surface area (TPSA) is 52.1 Å². The average Bonchev–Trinajstić information content (AvgIpc) is 2.18. The summed E-state index contributed by atoms with van der Waals surface area (Å²) in [5.41, 5.74) is 0.239. The lowest BCUT2D eigenvalue weighted by Crippen LogP contribution is -2.05. The zero-order chi connectivity index (χ0) is 9.68. The molecular formula is C8H10N2O2S. The smallest absolute Gasteiger partial charge is 0.358 e. The lowest BCUT2D eigenvalue weighted by molar-refractivity contribution is 0.0592. The molecule has 4 nitrogen and oxygen atoms in total. The lowest BCUT2D eigenvalue weighted by Gasteiger charge is -1.98. The molecule has 1 rings (SSSR count). The molecule has 0 aliphatic carbocycles. The van der Waals surface area contributed by atoms with Gasteiger partial charge < -0.3 is 4.74 Å². The largest absolute Gasteiger partial charge is 0.464 e. The molecule has 0 aliphatic rings. The number of nitrogens with zero attached hydrogens (tertiary/aromatic N) is 2. The summed E-state index contributed by atoms with van der Waals surface area (Å²) < 4.78 is 4.49. The maximum absolute atomic E-state index is 11.0. The molecule has 0 spiro atoms. The Kier molecular flexibility index (Phi) is 3.70. The zero-order valence-corrected chi connectivity index (χ0v) is 8.30. The second-order valence-electron chi connectivity index (χ2n) is 2.18. The van der Waals surface area contributed by atoms with Gasteiger partial charge in [0.15, 0.2) is 5.69 Å². The summed E-state index contributed by atoms with van der Waals surface area (Å²) in [5.74, 6) is 0.479. The van der Waals surface area contributed by atoms with Crippen molar-refractivity contribution in [2.45, 2.75) is 11.9 Å². The number of methoxy groups -OCH3 is 1. The van der Waals surface area contributed by atoms with Crippen molar-refractivity contribution in [3.05, 3.63) is 17.8 Å².